The third-order valence-corrected chi connectivity index (χ3v) is 15.6. The molecule has 3 fully saturated rings. The fraction of sp³-hybridized carbons (Fsp3) is 0.536. The van der Waals surface area contributed by atoms with E-state index in [-0.39, 0.29) is 47.4 Å². The van der Waals surface area contributed by atoms with Gasteiger partial charge in [-0.15, -0.1) is 0 Å². The Balaban J connectivity index is 0.790. The van der Waals surface area contributed by atoms with E-state index in [2.05, 4.69) is 47.3 Å². The molecule has 0 aromatic heterocycles. The standard InChI is InChI=1S/C56H70O9/c1-7-35-61-42-20-15-39(16-21-42)53(59)64-44-24-26-45(27-25-44)65-54(60)40-17-22-43(23-18-40)62-51(57)13-8-9-14-52(58)63-46-31-33-55(5)41(36-46)19-28-47-49-30-29-48(38(4)12-10-11-37(2)3)56(49,6)34-32-50(47)55/h7,15-27,37-38,46-50H,1,8-14,28-36H2,2-6H3/t38-,46+,47+,48-,49+,50+,55+,56-/m1/s1. The van der Waals surface area contributed by atoms with Gasteiger partial charge in [0.15, 0.2) is 0 Å². The lowest BCUT2D eigenvalue weighted by atomic mass is 9.47. The molecule has 348 valence electrons. The van der Waals surface area contributed by atoms with Gasteiger partial charge in [0.1, 0.15) is 35.7 Å². The molecule has 0 aliphatic heterocycles. The van der Waals surface area contributed by atoms with Gasteiger partial charge in [0.2, 0.25) is 0 Å². The highest BCUT2D eigenvalue weighted by atomic mass is 16.6. The number of carbonyl (C=O) groups excluding carboxylic acids is 4. The summed E-state index contributed by atoms with van der Waals surface area (Å²) < 4.78 is 27.9. The molecule has 7 rings (SSSR count). The van der Waals surface area contributed by atoms with Crippen LogP contribution in [0.15, 0.2) is 97.1 Å². The van der Waals surface area contributed by atoms with Gasteiger partial charge in [-0.1, -0.05) is 78.2 Å². The summed E-state index contributed by atoms with van der Waals surface area (Å²) in [5.41, 5.74) is 2.84. The second kappa shape index (κ2) is 21.4. The Kier molecular flexibility index (Phi) is 15.7. The van der Waals surface area contributed by atoms with Crippen molar-refractivity contribution in [2.75, 3.05) is 6.61 Å². The van der Waals surface area contributed by atoms with Crippen LogP contribution in [0.2, 0.25) is 0 Å². The highest BCUT2D eigenvalue weighted by Crippen LogP contribution is 2.67. The first-order valence-electron chi connectivity index (χ1n) is 24.3. The highest BCUT2D eigenvalue weighted by Gasteiger charge is 2.59. The molecule has 3 aromatic carbocycles. The number of carbonyl (C=O) groups is 4. The number of ether oxygens (including phenoxy) is 5. The van der Waals surface area contributed by atoms with Crippen molar-refractivity contribution in [1.29, 1.82) is 0 Å². The van der Waals surface area contributed by atoms with Gasteiger partial charge < -0.3 is 23.7 Å². The third kappa shape index (κ3) is 11.6. The summed E-state index contributed by atoms with van der Waals surface area (Å²) in [6.45, 7) is 16.4. The van der Waals surface area contributed by atoms with Crippen molar-refractivity contribution in [1.82, 2.24) is 0 Å². The van der Waals surface area contributed by atoms with E-state index in [9.17, 15) is 19.2 Å². The minimum Gasteiger partial charge on any atom is -0.490 e. The lowest BCUT2D eigenvalue weighted by Crippen LogP contribution is -2.51. The van der Waals surface area contributed by atoms with Crippen LogP contribution >= 0.6 is 0 Å². The van der Waals surface area contributed by atoms with Crippen LogP contribution in [-0.2, 0) is 14.3 Å². The molecule has 9 heteroatoms. The Morgan fingerprint density at radius 3 is 1.88 bits per heavy atom. The first-order chi connectivity index (χ1) is 31.2. The summed E-state index contributed by atoms with van der Waals surface area (Å²) in [7, 11) is 0. The Labute approximate surface area is 386 Å². The van der Waals surface area contributed by atoms with E-state index in [4.69, 9.17) is 23.7 Å². The molecule has 0 unspecified atom stereocenters. The summed E-state index contributed by atoms with van der Waals surface area (Å²) in [4.78, 5) is 51.0. The van der Waals surface area contributed by atoms with Gasteiger partial charge in [-0.25, -0.2) is 9.59 Å². The quantitative estimate of drug-likeness (QED) is 0.0502. The zero-order valence-corrected chi connectivity index (χ0v) is 39.3. The SMILES string of the molecule is C=CCOc1ccc(C(=O)Oc2ccc(OC(=O)c3ccc(OC(=O)CCCCC(=O)O[C@H]4CC[C@@]5(C)C(=CC[C@H]6[C@@H]7CC[C@H]([C@H](C)CCCC(C)C)[C@@]7(C)CC[C@@H]65)C4)cc3)cc2)cc1. The number of esters is 4. The molecular formula is C56H70O9. The lowest BCUT2D eigenvalue weighted by molar-refractivity contribution is -0.152. The zero-order valence-electron chi connectivity index (χ0n) is 39.3. The molecule has 65 heavy (non-hydrogen) atoms. The van der Waals surface area contributed by atoms with E-state index in [1.54, 1.807) is 30.3 Å². The zero-order chi connectivity index (χ0) is 46.1. The van der Waals surface area contributed by atoms with Crippen molar-refractivity contribution in [2.24, 2.45) is 46.3 Å². The van der Waals surface area contributed by atoms with Crippen molar-refractivity contribution < 1.29 is 42.9 Å². The number of rotatable bonds is 19. The fourth-order valence-electron chi connectivity index (χ4n) is 12.1. The van der Waals surface area contributed by atoms with Gasteiger partial charge in [0.25, 0.3) is 0 Å². The van der Waals surface area contributed by atoms with E-state index in [0.717, 1.165) is 54.8 Å². The van der Waals surface area contributed by atoms with Crippen LogP contribution in [0.25, 0.3) is 0 Å². The lowest BCUT2D eigenvalue weighted by Gasteiger charge is -2.58. The van der Waals surface area contributed by atoms with Crippen molar-refractivity contribution >= 4 is 23.9 Å². The molecule has 0 saturated heterocycles. The van der Waals surface area contributed by atoms with Gasteiger partial charge in [-0.05, 0) is 177 Å². The molecule has 3 saturated carbocycles. The molecule has 0 heterocycles. The van der Waals surface area contributed by atoms with Gasteiger partial charge in [-0.2, -0.15) is 0 Å². The van der Waals surface area contributed by atoms with Crippen molar-refractivity contribution in [3.05, 3.63) is 108 Å². The maximum Gasteiger partial charge on any atom is 0.343 e. The molecule has 0 bridgehead atoms. The molecular weight excluding hydrogens is 817 g/mol. The largest absolute Gasteiger partial charge is 0.490 e. The van der Waals surface area contributed by atoms with Gasteiger partial charge in [-0.3, -0.25) is 9.59 Å². The monoisotopic (exact) mass is 887 g/mol. The Bertz CT molecular complexity index is 2150. The molecule has 8 atom stereocenters. The average molecular weight is 887 g/mol. The number of hydrogen-bond acceptors (Lipinski definition) is 9. The minimum absolute atomic E-state index is 0.0731. The van der Waals surface area contributed by atoms with Gasteiger partial charge in [0.05, 0.1) is 11.1 Å². The molecule has 3 aromatic rings. The van der Waals surface area contributed by atoms with E-state index >= 15 is 0 Å². The molecule has 9 nitrogen and oxygen atoms in total. The number of fused-ring (bicyclic) bond motifs is 5. The predicted molar refractivity (Wildman–Crippen MR) is 252 cm³/mol. The van der Waals surface area contributed by atoms with Crippen molar-refractivity contribution in [3.8, 4) is 23.0 Å². The molecule has 0 amide bonds. The summed E-state index contributed by atoms with van der Waals surface area (Å²) in [6.07, 6.45) is 19.2. The first kappa shape index (κ1) is 47.8. The summed E-state index contributed by atoms with van der Waals surface area (Å²) in [6, 6.07) is 18.8. The maximum atomic E-state index is 13.0. The summed E-state index contributed by atoms with van der Waals surface area (Å²) >= 11 is 0. The second-order valence-electron chi connectivity index (χ2n) is 20.2. The highest BCUT2D eigenvalue weighted by molar-refractivity contribution is 5.92. The molecule has 0 radical (unpaired) electrons. The van der Waals surface area contributed by atoms with Gasteiger partial charge in [0, 0.05) is 19.3 Å². The smallest absolute Gasteiger partial charge is 0.343 e. The van der Waals surface area contributed by atoms with E-state index in [1.165, 1.54) is 105 Å². The molecule has 0 spiro atoms. The fourth-order valence-corrected chi connectivity index (χ4v) is 12.1. The molecule has 4 aliphatic rings. The minimum atomic E-state index is -0.601. The Morgan fingerprint density at radius 1 is 0.677 bits per heavy atom. The third-order valence-electron chi connectivity index (χ3n) is 15.6. The van der Waals surface area contributed by atoms with Crippen molar-refractivity contribution in [3.63, 3.8) is 0 Å². The predicted octanol–water partition coefficient (Wildman–Crippen LogP) is 13.1. The normalized spacial score (nSPS) is 26.1. The Hall–Kier alpha value is -5.18. The van der Waals surface area contributed by atoms with Crippen molar-refractivity contribution in [2.45, 2.75) is 137 Å². The van der Waals surface area contributed by atoms with E-state index in [0.29, 0.717) is 41.9 Å². The maximum absolute atomic E-state index is 13.0. The molecule has 4 aliphatic carbocycles. The number of allylic oxidation sites excluding steroid dienone is 1. The number of benzene rings is 3. The van der Waals surface area contributed by atoms with Crippen LogP contribution in [0.5, 0.6) is 23.0 Å². The summed E-state index contributed by atoms with van der Waals surface area (Å²) in [5, 5.41) is 0. The van der Waals surface area contributed by atoms with E-state index in [1.807, 2.05) is 0 Å². The molecule has 0 N–H and O–H groups in total. The topological polar surface area (TPSA) is 114 Å². The van der Waals surface area contributed by atoms with Crippen LogP contribution in [-0.4, -0.2) is 36.6 Å². The number of hydrogen-bond donors (Lipinski definition) is 0. The van der Waals surface area contributed by atoms with Crippen LogP contribution in [0, 0.1) is 46.3 Å². The van der Waals surface area contributed by atoms with Crippen LogP contribution < -0.4 is 18.9 Å². The Morgan fingerprint density at radius 2 is 1.26 bits per heavy atom. The first-order valence-corrected chi connectivity index (χ1v) is 24.3. The number of unbranched alkanes of at least 4 members (excludes halogenated alkanes) is 1. The average Bonchev–Trinajstić information content (AvgIpc) is 3.65. The van der Waals surface area contributed by atoms with E-state index < -0.39 is 17.9 Å². The van der Waals surface area contributed by atoms with Crippen LogP contribution in [0.4, 0.5) is 0 Å². The summed E-state index contributed by atoms with van der Waals surface area (Å²) in [5.74, 6) is 4.55. The van der Waals surface area contributed by atoms with Crippen LogP contribution in [0.1, 0.15) is 152 Å². The van der Waals surface area contributed by atoms with Gasteiger partial charge >= 0.3 is 23.9 Å². The second-order valence-corrected chi connectivity index (χ2v) is 20.2. The van der Waals surface area contributed by atoms with Crippen LogP contribution in [0.3, 0.4) is 0 Å².